The Kier molecular flexibility index (Phi) is 2.84. The second-order valence-corrected chi connectivity index (χ2v) is 5.26. The molecule has 5 nitrogen and oxygen atoms in total. The van der Waals surface area contributed by atoms with Gasteiger partial charge in [0.05, 0.1) is 13.2 Å². The molecule has 1 spiro atoms. The van der Waals surface area contributed by atoms with Crippen molar-refractivity contribution in [2.75, 3.05) is 26.3 Å². The normalized spacial score (nSPS) is 30.6. The van der Waals surface area contributed by atoms with Crippen molar-refractivity contribution >= 4 is 5.97 Å². The minimum absolute atomic E-state index is 0.284. The molecule has 5 heteroatoms. The fourth-order valence-corrected chi connectivity index (χ4v) is 3.00. The zero-order chi connectivity index (χ0) is 11.9. The summed E-state index contributed by atoms with van der Waals surface area (Å²) in [4.78, 5) is 13.4. The first-order valence-electron chi connectivity index (χ1n) is 6.45. The number of nitrogens with zero attached hydrogens (tertiary/aromatic N) is 1. The summed E-state index contributed by atoms with van der Waals surface area (Å²) in [5.41, 5.74) is 0. The summed E-state index contributed by atoms with van der Waals surface area (Å²) in [6.07, 6.45) is 3.71. The van der Waals surface area contributed by atoms with Gasteiger partial charge in [0.2, 0.25) is 0 Å². The Morgan fingerprint density at radius 1 is 1.24 bits per heavy atom. The molecule has 3 aliphatic rings. The van der Waals surface area contributed by atoms with Crippen molar-refractivity contribution in [1.29, 1.82) is 0 Å². The van der Waals surface area contributed by atoms with Crippen molar-refractivity contribution in [3.63, 3.8) is 0 Å². The number of piperidine rings is 1. The molecule has 0 bridgehead atoms. The zero-order valence-corrected chi connectivity index (χ0v) is 9.93. The molecule has 1 atom stereocenters. The van der Waals surface area contributed by atoms with Crippen LogP contribution in [0, 0.1) is 5.92 Å². The van der Waals surface area contributed by atoms with E-state index in [1.807, 2.05) is 0 Å². The van der Waals surface area contributed by atoms with Crippen LogP contribution < -0.4 is 0 Å². The van der Waals surface area contributed by atoms with Gasteiger partial charge in [0.25, 0.3) is 0 Å². The molecule has 0 radical (unpaired) electrons. The molecule has 3 fully saturated rings. The molecule has 2 saturated heterocycles. The number of ether oxygens (including phenoxy) is 2. The van der Waals surface area contributed by atoms with Crippen LogP contribution in [0.1, 0.15) is 25.7 Å². The first-order valence-corrected chi connectivity index (χ1v) is 6.45. The van der Waals surface area contributed by atoms with E-state index in [0.29, 0.717) is 19.1 Å². The number of carboxylic acid groups (broad SMARTS) is 1. The first-order chi connectivity index (χ1) is 8.20. The zero-order valence-electron chi connectivity index (χ0n) is 9.93. The number of carboxylic acids is 1. The van der Waals surface area contributed by atoms with Gasteiger partial charge in [0, 0.05) is 25.9 Å². The predicted octanol–water partition coefficient (Wildman–Crippen LogP) is 0.688. The molecule has 1 saturated carbocycles. The topological polar surface area (TPSA) is 59.0 Å². The second-order valence-electron chi connectivity index (χ2n) is 5.26. The number of hydrogen-bond acceptors (Lipinski definition) is 4. The maximum Gasteiger partial charge on any atom is 0.321 e. The van der Waals surface area contributed by atoms with E-state index < -0.39 is 11.8 Å². The third kappa shape index (κ3) is 2.19. The minimum atomic E-state index is -0.670. The van der Waals surface area contributed by atoms with E-state index in [-0.39, 0.29) is 6.04 Å². The number of carbonyl (C=O) groups is 1. The average molecular weight is 241 g/mol. The Morgan fingerprint density at radius 2 is 1.82 bits per heavy atom. The fourth-order valence-electron chi connectivity index (χ4n) is 3.00. The lowest BCUT2D eigenvalue weighted by Crippen LogP contribution is -2.52. The Labute approximate surface area is 101 Å². The van der Waals surface area contributed by atoms with Gasteiger partial charge in [-0.3, -0.25) is 9.69 Å². The lowest BCUT2D eigenvalue weighted by molar-refractivity contribution is -0.191. The molecular weight excluding hydrogens is 222 g/mol. The Balaban J connectivity index is 1.61. The molecule has 0 aromatic heterocycles. The van der Waals surface area contributed by atoms with Gasteiger partial charge < -0.3 is 14.6 Å². The second kappa shape index (κ2) is 4.23. The quantitative estimate of drug-likeness (QED) is 0.787. The average Bonchev–Trinajstić information content (AvgIpc) is 3.03. The smallest absolute Gasteiger partial charge is 0.321 e. The Hall–Kier alpha value is -0.650. The maximum atomic E-state index is 11.3. The van der Waals surface area contributed by atoms with Gasteiger partial charge in [0.1, 0.15) is 6.04 Å². The Morgan fingerprint density at radius 3 is 2.29 bits per heavy atom. The van der Waals surface area contributed by atoms with Crippen molar-refractivity contribution in [3.05, 3.63) is 0 Å². The van der Waals surface area contributed by atoms with E-state index in [9.17, 15) is 9.90 Å². The molecular formula is C12H19NO4. The molecule has 96 valence electrons. The highest BCUT2D eigenvalue weighted by molar-refractivity contribution is 5.74. The number of aliphatic carboxylic acids is 1. The lowest BCUT2D eigenvalue weighted by atomic mass is 10.00. The summed E-state index contributed by atoms with van der Waals surface area (Å²) in [6.45, 7) is 2.89. The van der Waals surface area contributed by atoms with Crippen LogP contribution in [-0.2, 0) is 14.3 Å². The van der Waals surface area contributed by atoms with E-state index in [1.165, 1.54) is 0 Å². The SMILES string of the molecule is O=C(O)C(C1CC1)N1CCC2(CC1)OCCO2. The lowest BCUT2D eigenvalue weighted by Gasteiger charge is -2.40. The highest BCUT2D eigenvalue weighted by Crippen LogP contribution is 2.39. The van der Waals surface area contributed by atoms with E-state index in [4.69, 9.17) is 9.47 Å². The van der Waals surface area contributed by atoms with Crippen LogP contribution in [0.4, 0.5) is 0 Å². The van der Waals surface area contributed by atoms with Crippen LogP contribution in [0.2, 0.25) is 0 Å². The van der Waals surface area contributed by atoms with Crippen molar-refractivity contribution in [2.24, 2.45) is 5.92 Å². The number of rotatable bonds is 3. The molecule has 0 aromatic rings. The minimum Gasteiger partial charge on any atom is -0.480 e. The van der Waals surface area contributed by atoms with E-state index in [1.54, 1.807) is 0 Å². The van der Waals surface area contributed by atoms with Crippen LogP contribution in [0.15, 0.2) is 0 Å². The molecule has 17 heavy (non-hydrogen) atoms. The third-order valence-electron chi connectivity index (χ3n) is 4.09. The van der Waals surface area contributed by atoms with Gasteiger partial charge in [-0.2, -0.15) is 0 Å². The largest absolute Gasteiger partial charge is 0.480 e. The van der Waals surface area contributed by atoms with Gasteiger partial charge in [-0.25, -0.2) is 0 Å². The van der Waals surface area contributed by atoms with Crippen molar-refractivity contribution < 1.29 is 19.4 Å². The maximum absolute atomic E-state index is 11.3. The summed E-state index contributed by atoms with van der Waals surface area (Å²) >= 11 is 0. The summed E-state index contributed by atoms with van der Waals surface area (Å²) in [6, 6.07) is -0.284. The van der Waals surface area contributed by atoms with E-state index in [0.717, 1.165) is 38.8 Å². The van der Waals surface area contributed by atoms with Gasteiger partial charge in [-0.05, 0) is 18.8 Å². The predicted molar refractivity (Wildman–Crippen MR) is 59.6 cm³/mol. The highest BCUT2D eigenvalue weighted by atomic mass is 16.7. The number of likely N-dealkylation sites (tertiary alicyclic amines) is 1. The monoisotopic (exact) mass is 241 g/mol. The van der Waals surface area contributed by atoms with Gasteiger partial charge in [0.15, 0.2) is 5.79 Å². The van der Waals surface area contributed by atoms with Crippen LogP contribution in [-0.4, -0.2) is 54.1 Å². The first kappa shape index (κ1) is 11.4. The summed E-state index contributed by atoms with van der Waals surface area (Å²) in [5, 5.41) is 9.29. The molecule has 1 aliphatic carbocycles. The standard InChI is InChI=1S/C12H19NO4/c14-11(15)10(9-1-2-9)13-5-3-12(4-6-13)16-7-8-17-12/h9-10H,1-8H2,(H,14,15). The fraction of sp³-hybridized carbons (Fsp3) is 0.917. The van der Waals surface area contributed by atoms with Crippen LogP contribution >= 0.6 is 0 Å². The summed E-state index contributed by atoms with van der Waals surface area (Å²) < 4.78 is 11.3. The summed E-state index contributed by atoms with van der Waals surface area (Å²) in [5.74, 6) is -0.702. The third-order valence-corrected chi connectivity index (χ3v) is 4.09. The molecule has 1 N–H and O–H groups in total. The van der Waals surface area contributed by atoms with Crippen LogP contribution in [0.25, 0.3) is 0 Å². The van der Waals surface area contributed by atoms with Gasteiger partial charge in [-0.1, -0.05) is 0 Å². The molecule has 0 aromatic carbocycles. The van der Waals surface area contributed by atoms with Gasteiger partial charge in [-0.15, -0.1) is 0 Å². The van der Waals surface area contributed by atoms with E-state index >= 15 is 0 Å². The highest BCUT2D eigenvalue weighted by Gasteiger charge is 2.46. The molecule has 0 amide bonds. The number of hydrogen-bond donors (Lipinski definition) is 1. The molecule has 2 aliphatic heterocycles. The molecule has 2 heterocycles. The van der Waals surface area contributed by atoms with Crippen molar-refractivity contribution in [3.8, 4) is 0 Å². The molecule has 1 unspecified atom stereocenters. The Bertz CT molecular complexity index is 300. The van der Waals surface area contributed by atoms with Crippen molar-refractivity contribution in [1.82, 2.24) is 4.90 Å². The summed E-state index contributed by atoms with van der Waals surface area (Å²) in [7, 11) is 0. The van der Waals surface area contributed by atoms with Crippen LogP contribution in [0.3, 0.4) is 0 Å². The van der Waals surface area contributed by atoms with Crippen LogP contribution in [0.5, 0.6) is 0 Å². The molecule has 3 rings (SSSR count). The van der Waals surface area contributed by atoms with Gasteiger partial charge >= 0.3 is 5.97 Å². The van der Waals surface area contributed by atoms with E-state index in [2.05, 4.69) is 4.90 Å². The van der Waals surface area contributed by atoms with Crippen molar-refractivity contribution in [2.45, 2.75) is 37.5 Å².